The van der Waals surface area contributed by atoms with E-state index in [9.17, 15) is 13.2 Å². The molecule has 0 radical (unpaired) electrons. The molecule has 1 aliphatic rings. The van der Waals surface area contributed by atoms with Crippen molar-refractivity contribution in [2.24, 2.45) is 11.8 Å². The molecule has 0 saturated heterocycles. The molecule has 1 aliphatic carbocycles. The van der Waals surface area contributed by atoms with Gasteiger partial charge in [0.25, 0.3) is 0 Å². The minimum absolute atomic E-state index is 0.198. The number of rotatable bonds is 7. The van der Waals surface area contributed by atoms with Crippen molar-refractivity contribution in [1.82, 2.24) is 0 Å². The van der Waals surface area contributed by atoms with Crippen molar-refractivity contribution in [3.8, 4) is 0 Å². The van der Waals surface area contributed by atoms with Crippen LogP contribution >= 0.6 is 0 Å². The third kappa shape index (κ3) is 5.12. The monoisotopic (exact) mass is 400 g/mol. The molecule has 0 nitrogen and oxygen atoms in total. The first kappa shape index (κ1) is 21.7. The number of benzene rings is 2. The molecule has 0 unspecified atom stereocenters. The Balaban J connectivity index is 1.80. The molecule has 0 aliphatic heterocycles. The number of hydrogen-bond acceptors (Lipinski definition) is 0. The molecule has 3 heteroatoms. The first-order chi connectivity index (χ1) is 14.0. The summed E-state index contributed by atoms with van der Waals surface area (Å²) in [7, 11) is 0. The SMILES string of the molecule is C/C=C/C1CCC(C(F)=C(F)c2ccc3c(F)c(CCCCC)ccc3c2)CC1. The zero-order valence-electron chi connectivity index (χ0n) is 17.5. The maximum absolute atomic E-state index is 14.9. The topological polar surface area (TPSA) is 0 Å². The summed E-state index contributed by atoms with van der Waals surface area (Å²) in [6.07, 6.45) is 11.1. The molecular formula is C26H31F3. The van der Waals surface area contributed by atoms with Crippen LogP contribution in [0.1, 0.15) is 69.9 Å². The van der Waals surface area contributed by atoms with Crippen LogP contribution in [0.2, 0.25) is 0 Å². The second-order valence-electron chi connectivity index (χ2n) is 8.23. The van der Waals surface area contributed by atoms with E-state index < -0.39 is 11.7 Å². The average molecular weight is 401 g/mol. The van der Waals surface area contributed by atoms with E-state index in [0.717, 1.165) is 32.1 Å². The van der Waals surface area contributed by atoms with Crippen molar-refractivity contribution in [3.63, 3.8) is 0 Å². The molecule has 156 valence electrons. The Morgan fingerprint density at radius 3 is 2.48 bits per heavy atom. The van der Waals surface area contributed by atoms with Gasteiger partial charge >= 0.3 is 0 Å². The summed E-state index contributed by atoms with van der Waals surface area (Å²) in [4.78, 5) is 0. The first-order valence-electron chi connectivity index (χ1n) is 10.9. The van der Waals surface area contributed by atoms with Gasteiger partial charge in [0.05, 0.1) is 0 Å². The molecule has 2 aromatic rings. The molecule has 1 saturated carbocycles. The average Bonchev–Trinajstić information content (AvgIpc) is 2.75. The van der Waals surface area contributed by atoms with Crippen molar-refractivity contribution in [3.05, 3.63) is 65.3 Å². The number of halogens is 3. The van der Waals surface area contributed by atoms with Gasteiger partial charge in [-0.2, -0.15) is 0 Å². The van der Waals surface area contributed by atoms with Crippen molar-refractivity contribution in [2.75, 3.05) is 0 Å². The second-order valence-corrected chi connectivity index (χ2v) is 8.23. The van der Waals surface area contributed by atoms with Gasteiger partial charge in [-0.05, 0) is 68.4 Å². The number of allylic oxidation sites excluding steroid dienone is 3. The van der Waals surface area contributed by atoms with Crippen LogP contribution in [0.4, 0.5) is 13.2 Å². The van der Waals surface area contributed by atoms with Crippen LogP contribution in [-0.2, 0) is 6.42 Å². The van der Waals surface area contributed by atoms with Gasteiger partial charge in [0, 0.05) is 16.9 Å². The fourth-order valence-electron chi connectivity index (χ4n) is 4.39. The second kappa shape index (κ2) is 10.1. The van der Waals surface area contributed by atoms with Crippen LogP contribution in [0, 0.1) is 17.7 Å². The van der Waals surface area contributed by atoms with Crippen molar-refractivity contribution >= 4 is 16.6 Å². The number of fused-ring (bicyclic) bond motifs is 1. The lowest BCUT2D eigenvalue weighted by Crippen LogP contribution is -2.14. The standard InChI is InChI=1S/C26H31F3/c1-3-5-6-8-19-13-14-21-17-22(15-16-23(21)24(19)27)26(29)25(28)20-11-9-18(7-4-2)10-12-20/h4,7,13-18,20H,3,5-6,8-12H2,1-2H3/b7-4+,26-25?. The third-order valence-corrected chi connectivity index (χ3v) is 6.14. The van der Waals surface area contributed by atoms with Crippen molar-refractivity contribution < 1.29 is 13.2 Å². The summed E-state index contributed by atoms with van der Waals surface area (Å²) in [6.45, 7) is 4.11. The fourth-order valence-corrected chi connectivity index (χ4v) is 4.39. The maximum Gasteiger partial charge on any atom is 0.162 e. The van der Waals surface area contributed by atoms with Gasteiger partial charge in [-0.3, -0.25) is 0 Å². The van der Waals surface area contributed by atoms with E-state index in [-0.39, 0.29) is 17.3 Å². The smallest absolute Gasteiger partial charge is 0.162 e. The summed E-state index contributed by atoms with van der Waals surface area (Å²) in [6, 6.07) is 8.24. The predicted octanol–water partition coefficient (Wildman–Crippen LogP) is 8.70. The zero-order chi connectivity index (χ0) is 20.8. The highest BCUT2D eigenvalue weighted by molar-refractivity contribution is 5.87. The zero-order valence-corrected chi connectivity index (χ0v) is 17.5. The van der Waals surface area contributed by atoms with Gasteiger partial charge < -0.3 is 0 Å². The van der Waals surface area contributed by atoms with Gasteiger partial charge in [0.2, 0.25) is 0 Å². The molecule has 0 bridgehead atoms. The Hall–Kier alpha value is -2.03. The fraction of sp³-hybridized carbons (Fsp3) is 0.462. The van der Waals surface area contributed by atoms with Gasteiger partial charge in [0.1, 0.15) is 11.6 Å². The molecule has 0 aromatic heterocycles. The van der Waals surface area contributed by atoms with Crippen molar-refractivity contribution in [2.45, 2.75) is 65.2 Å². The minimum atomic E-state index is -0.797. The molecule has 1 fully saturated rings. The van der Waals surface area contributed by atoms with E-state index in [4.69, 9.17) is 0 Å². The van der Waals surface area contributed by atoms with Crippen LogP contribution in [0.3, 0.4) is 0 Å². The minimum Gasteiger partial charge on any atom is -0.208 e. The Morgan fingerprint density at radius 2 is 1.79 bits per heavy atom. The molecule has 0 atom stereocenters. The summed E-state index contributed by atoms with van der Waals surface area (Å²) < 4.78 is 44.5. The summed E-state index contributed by atoms with van der Waals surface area (Å²) >= 11 is 0. The summed E-state index contributed by atoms with van der Waals surface area (Å²) in [5.74, 6) is -1.57. The van der Waals surface area contributed by atoms with E-state index in [2.05, 4.69) is 13.0 Å². The van der Waals surface area contributed by atoms with E-state index in [1.807, 2.05) is 19.1 Å². The van der Waals surface area contributed by atoms with Crippen LogP contribution < -0.4 is 0 Å². The quantitative estimate of drug-likeness (QED) is 0.322. The lowest BCUT2D eigenvalue weighted by atomic mass is 9.81. The number of hydrogen-bond donors (Lipinski definition) is 0. The summed E-state index contributed by atoms with van der Waals surface area (Å²) in [5.41, 5.74) is 0.891. The normalized spacial score (nSPS) is 21.0. The maximum atomic E-state index is 14.9. The molecule has 0 heterocycles. The van der Waals surface area contributed by atoms with Gasteiger partial charge in [-0.1, -0.05) is 56.2 Å². The Morgan fingerprint density at radius 1 is 1.03 bits per heavy atom. The highest BCUT2D eigenvalue weighted by Gasteiger charge is 2.26. The van der Waals surface area contributed by atoms with Crippen LogP contribution in [0.5, 0.6) is 0 Å². The largest absolute Gasteiger partial charge is 0.208 e. The Labute approximate surface area is 172 Å². The highest BCUT2D eigenvalue weighted by atomic mass is 19.2. The highest BCUT2D eigenvalue weighted by Crippen LogP contribution is 2.38. The lowest BCUT2D eigenvalue weighted by molar-refractivity contribution is 0.304. The number of unbranched alkanes of at least 4 members (excludes halogenated alkanes) is 2. The van der Waals surface area contributed by atoms with Gasteiger partial charge in [-0.25, -0.2) is 13.2 Å². The Bertz CT molecular complexity index is 886. The molecule has 3 rings (SSSR count). The van der Waals surface area contributed by atoms with Crippen molar-refractivity contribution in [1.29, 1.82) is 0 Å². The van der Waals surface area contributed by atoms with Crippen LogP contribution in [0.25, 0.3) is 16.6 Å². The molecule has 0 spiro atoms. The third-order valence-electron chi connectivity index (χ3n) is 6.14. The number of aryl methyl sites for hydroxylation is 1. The van der Waals surface area contributed by atoms with Crippen LogP contribution in [0.15, 0.2) is 48.3 Å². The van der Waals surface area contributed by atoms with E-state index in [0.29, 0.717) is 41.5 Å². The Kier molecular flexibility index (Phi) is 7.57. The molecule has 2 aromatic carbocycles. The predicted molar refractivity (Wildman–Crippen MR) is 117 cm³/mol. The van der Waals surface area contributed by atoms with Gasteiger partial charge in [-0.15, -0.1) is 0 Å². The van der Waals surface area contributed by atoms with Gasteiger partial charge in [0.15, 0.2) is 5.83 Å². The molecular weight excluding hydrogens is 369 g/mol. The molecule has 29 heavy (non-hydrogen) atoms. The van der Waals surface area contributed by atoms with Crippen LogP contribution in [-0.4, -0.2) is 0 Å². The van der Waals surface area contributed by atoms with E-state index >= 15 is 0 Å². The first-order valence-corrected chi connectivity index (χ1v) is 10.9. The van der Waals surface area contributed by atoms with E-state index in [1.54, 1.807) is 18.2 Å². The lowest BCUT2D eigenvalue weighted by Gasteiger charge is -2.25. The van der Waals surface area contributed by atoms with E-state index in [1.165, 1.54) is 6.07 Å². The molecule has 0 amide bonds. The molecule has 0 N–H and O–H groups in total. The summed E-state index contributed by atoms with van der Waals surface area (Å²) in [5, 5.41) is 1.09.